The summed E-state index contributed by atoms with van der Waals surface area (Å²) in [5, 5.41) is 3.74. The van der Waals surface area contributed by atoms with Crippen molar-refractivity contribution in [1.82, 2.24) is 10.2 Å². The minimum Gasteiger partial charge on any atom is -0.308 e. The van der Waals surface area contributed by atoms with Crippen molar-refractivity contribution in [3.8, 4) is 0 Å². The van der Waals surface area contributed by atoms with Crippen LogP contribution in [0.5, 0.6) is 0 Å². The number of hydrogen-bond acceptors (Lipinski definition) is 2. The van der Waals surface area contributed by atoms with Gasteiger partial charge in [-0.05, 0) is 81.4 Å². The largest absolute Gasteiger partial charge is 0.308 e. The highest BCUT2D eigenvalue weighted by Gasteiger charge is 2.33. The van der Waals surface area contributed by atoms with Crippen LogP contribution in [-0.4, -0.2) is 30.6 Å². The molecule has 98 valence electrons. The summed E-state index contributed by atoms with van der Waals surface area (Å²) in [6, 6.07) is 7.18. The maximum Gasteiger partial charge on any atom is 0.0320 e. The summed E-state index contributed by atoms with van der Waals surface area (Å²) >= 11 is 7.07. The number of nitrogens with zero attached hydrogens (tertiary/aromatic N) is 1. The lowest BCUT2D eigenvalue weighted by atomic mass is 9.84. The second-order valence-corrected chi connectivity index (χ2v) is 7.08. The number of hydrogen-bond donors (Lipinski definition) is 1. The standard InChI is InChI=1S/C14H18Br2N2/c15-12-2-1-10(7-13(12)16)8-17-14-9-18-5-3-11(14)4-6-18/h1-2,7,11,14,17H,3-6,8-9H2. The Kier molecular flexibility index (Phi) is 4.09. The molecular weight excluding hydrogens is 356 g/mol. The average molecular weight is 374 g/mol. The quantitative estimate of drug-likeness (QED) is 0.873. The number of nitrogens with one attached hydrogen (secondary N) is 1. The lowest BCUT2D eigenvalue weighted by molar-refractivity contribution is 0.0720. The van der Waals surface area contributed by atoms with Crippen molar-refractivity contribution in [2.45, 2.75) is 25.4 Å². The highest BCUT2D eigenvalue weighted by atomic mass is 79.9. The zero-order chi connectivity index (χ0) is 12.5. The molecule has 4 rings (SSSR count). The molecule has 2 bridgehead atoms. The van der Waals surface area contributed by atoms with Gasteiger partial charge in [-0.2, -0.15) is 0 Å². The smallest absolute Gasteiger partial charge is 0.0320 e. The van der Waals surface area contributed by atoms with E-state index in [0.29, 0.717) is 6.04 Å². The van der Waals surface area contributed by atoms with Crippen LogP contribution in [0.2, 0.25) is 0 Å². The summed E-state index contributed by atoms with van der Waals surface area (Å²) in [5.41, 5.74) is 1.35. The third-order valence-electron chi connectivity index (χ3n) is 4.21. The molecule has 3 saturated heterocycles. The topological polar surface area (TPSA) is 15.3 Å². The molecule has 2 nitrogen and oxygen atoms in total. The Bertz CT molecular complexity index is 428. The fourth-order valence-corrected chi connectivity index (χ4v) is 3.77. The molecule has 18 heavy (non-hydrogen) atoms. The molecule has 0 aromatic heterocycles. The highest BCUT2D eigenvalue weighted by Crippen LogP contribution is 2.28. The fourth-order valence-electron chi connectivity index (χ4n) is 3.09. The van der Waals surface area contributed by atoms with E-state index < -0.39 is 0 Å². The van der Waals surface area contributed by atoms with Crippen molar-refractivity contribution >= 4 is 31.9 Å². The minimum absolute atomic E-state index is 0.690. The van der Waals surface area contributed by atoms with Gasteiger partial charge < -0.3 is 10.2 Å². The Morgan fingerprint density at radius 1 is 1.17 bits per heavy atom. The normalized spacial score (nSPS) is 30.7. The maximum absolute atomic E-state index is 3.74. The second-order valence-electron chi connectivity index (χ2n) is 5.37. The van der Waals surface area contributed by atoms with E-state index in [9.17, 15) is 0 Å². The summed E-state index contributed by atoms with van der Waals surface area (Å²) in [4.78, 5) is 2.59. The van der Waals surface area contributed by atoms with Crippen LogP contribution in [0, 0.1) is 5.92 Å². The van der Waals surface area contributed by atoms with Gasteiger partial charge in [-0.3, -0.25) is 0 Å². The van der Waals surface area contributed by atoms with E-state index >= 15 is 0 Å². The molecule has 0 radical (unpaired) electrons. The maximum atomic E-state index is 3.74. The van der Waals surface area contributed by atoms with Crippen molar-refractivity contribution in [2.24, 2.45) is 5.92 Å². The summed E-state index contributed by atoms with van der Waals surface area (Å²) in [7, 11) is 0. The molecular formula is C14H18Br2N2. The Labute approximate surface area is 125 Å². The predicted octanol–water partition coefficient (Wildman–Crippen LogP) is 3.40. The second kappa shape index (κ2) is 5.61. The molecule has 0 saturated carbocycles. The number of halogens is 2. The van der Waals surface area contributed by atoms with Gasteiger partial charge >= 0.3 is 0 Å². The van der Waals surface area contributed by atoms with E-state index in [1.54, 1.807) is 0 Å². The monoisotopic (exact) mass is 372 g/mol. The molecule has 0 aliphatic carbocycles. The molecule has 1 atom stereocenters. The molecule has 0 amide bonds. The fraction of sp³-hybridized carbons (Fsp3) is 0.571. The molecule has 3 fully saturated rings. The Balaban J connectivity index is 1.59. The van der Waals surface area contributed by atoms with Crippen LogP contribution >= 0.6 is 31.9 Å². The predicted molar refractivity (Wildman–Crippen MR) is 81.6 cm³/mol. The summed E-state index contributed by atoms with van der Waals surface area (Å²) in [6.07, 6.45) is 2.75. The van der Waals surface area contributed by atoms with Crippen molar-refractivity contribution in [1.29, 1.82) is 0 Å². The average Bonchev–Trinajstić information content (AvgIpc) is 2.41. The Morgan fingerprint density at radius 3 is 2.56 bits per heavy atom. The van der Waals surface area contributed by atoms with Gasteiger partial charge in [0.1, 0.15) is 0 Å². The molecule has 1 N–H and O–H groups in total. The van der Waals surface area contributed by atoms with E-state index in [1.165, 1.54) is 38.0 Å². The summed E-state index contributed by atoms with van der Waals surface area (Å²) in [5.74, 6) is 0.897. The van der Waals surface area contributed by atoms with Gasteiger partial charge in [0, 0.05) is 28.1 Å². The lowest BCUT2D eigenvalue weighted by Crippen LogP contribution is -2.55. The Hall–Kier alpha value is 0.1000. The van der Waals surface area contributed by atoms with Crippen LogP contribution in [0.25, 0.3) is 0 Å². The number of benzene rings is 1. The summed E-state index contributed by atoms with van der Waals surface area (Å²) in [6.45, 7) is 4.84. The van der Waals surface area contributed by atoms with E-state index in [4.69, 9.17) is 0 Å². The minimum atomic E-state index is 0.690. The van der Waals surface area contributed by atoms with Gasteiger partial charge in [-0.25, -0.2) is 0 Å². The molecule has 1 unspecified atom stereocenters. The zero-order valence-corrected chi connectivity index (χ0v) is 13.5. The first-order chi connectivity index (χ1) is 8.72. The van der Waals surface area contributed by atoms with Gasteiger partial charge in [0.15, 0.2) is 0 Å². The first-order valence-electron chi connectivity index (χ1n) is 6.62. The van der Waals surface area contributed by atoms with E-state index in [2.05, 4.69) is 60.3 Å². The van der Waals surface area contributed by atoms with Gasteiger partial charge in [0.05, 0.1) is 0 Å². The molecule has 3 heterocycles. The van der Waals surface area contributed by atoms with Crippen LogP contribution in [0.4, 0.5) is 0 Å². The van der Waals surface area contributed by atoms with Crippen LogP contribution in [0.3, 0.4) is 0 Å². The van der Waals surface area contributed by atoms with Crippen molar-refractivity contribution < 1.29 is 0 Å². The SMILES string of the molecule is Brc1ccc(CNC2CN3CCC2CC3)cc1Br. The number of rotatable bonds is 3. The van der Waals surface area contributed by atoms with Crippen LogP contribution in [0.15, 0.2) is 27.1 Å². The molecule has 0 spiro atoms. The lowest BCUT2D eigenvalue weighted by Gasteiger charge is -2.45. The van der Waals surface area contributed by atoms with Crippen LogP contribution in [0.1, 0.15) is 18.4 Å². The van der Waals surface area contributed by atoms with Crippen LogP contribution in [-0.2, 0) is 6.54 Å². The zero-order valence-electron chi connectivity index (χ0n) is 10.3. The first-order valence-corrected chi connectivity index (χ1v) is 8.20. The summed E-state index contributed by atoms with van der Waals surface area (Å²) < 4.78 is 2.25. The first kappa shape index (κ1) is 13.1. The van der Waals surface area contributed by atoms with E-state index in [0.717, 1.165) is 21.4 Å². The van der Waals surface area contributed by atoms with Crippen molar-refractivity contribution in [3.63, 3.8) is 0 Å². The highest BCUT2D eigenvalue weighted by molar-refractivity contribution is 9.13. The van der Waals surface area contributed by atoms with E-state index in [1.807, 2.05) is 0 Å². The molecule has 4 heteroatoms. The van der Waals surface area contributed by atoms with Gasteiger partial charge in [-0.1, -0.05) is 6.07 Å². The number of fused-ring (bicyclic) bond motifs is 3. The van der Waals surface area contributed by atoms with Crippen LogP contribution < -0.4 is 5.32 Å². The Morgan fingerprint density at radius 2 is 1.94 bits per heavy atom. The third-order valence-corrected chi connectivity index (χ3v) is 6.09. The van der Waals surface area contributed by atoms with Gasteiger partial charge in [-0.15, -0.1) is 0 Å². The van der Waals surface area contributed by atoms with E-state index in [-0.39, 0.29) is 0 Å². The number of piperidine rings is 3. The molecule has 3 aliphatic heterocycles. The van der Waals surface area contributed by atoms with Gasteiger partial charge in [0.2, 0.25) is 0 Å². The molecule has 3 aliphatic rings. The molecule has 1 aromatic carbocycles. The third kappa shape index (κ3) is 2.82. The van der Waals surface area contributed by atoms with Crippen molar-refractivity contribution in [2.75, 3.05) is 19.6 Å². The van der Waals surface area contributed by atoms with Gasteiger partial charge in [0.25, 0.3) is 0 Å². The molecule has 1 aromatic rings. The van der Waals surface area contributed by atoms with Crippen molar-refractivity contribution in [3.05, 3.63) is 32.7 Å².